The molecule has 0 heterocycles. The number of carbonyl (C=O) groups is 1. The van der Waals surface area contributed by atoms with Crippen molar-refractivity contribution in [1.82, 2.24) is 10.0 Å². The predicted octanol–water partition coefficient (Wildman–Crippen LogP) is 1.38. The van der Waals surface area contributed by atoms with Gasteiger partial charge in [-0.25, -0.2) is 8.42 Å². The minimum absolute atomic E-state index is 0.0424. The lowest BCUT2D eigenvalue weighted by Gasteiger charge is -2.03. The highest BCUT2D eigenvalue weighted by atomic mass is 32.2. The smallest absolute Gasteiger partial charge is 0.252 e. The minimum atomic E-state index is -3.58. The van der Waals surface area contributed by atoms with Gasteiger partial charge in [0.15, 0.2) is 0 Å². The lowest BCUT2D eigenvalue weighted by molar-refractivity contribution is 0.0963. The van der Waals surface area contributed by atoms with Crippen molar-refractivity contribution >= 4 is 15.9 Å². The van der Waals surface area contributed by atoms with Gasteiger partial charge in [0, 0.05) is 12.6 Å². The van der Waals surface area contributed by atoms with E-state index < -0.39 is 10.0 Å². The highest BCUT2D eigenvalue weighted by Crippen LogP contribution is 2.07. The Labute approximate surface area is 135 Å². The molecule has 0 unspecified atom stereocenters. The molecule has 0 radical (unpaired) electrons. The maximum absolute atomic E-state index is 12.0. The zero-order chi connectivity index (χ0) is 16.7. The molecule has 0 fully saturated rings. The van der Waals surface area contributed by atoms with Crippen LogP contribution in [0.1, 0.15) is 15.9 Å². The van der Waals surface area contributed by atoms with Crippen molar-refractivity contribution in [3.63, 3.8) is 0 Å². The molecule has 23 heavy (non-hydrogen) atoms. The van der Waals surface area contributed by atoms with Crippen molar-refractivity contribution in [3.05, 3.63) is 65.7 Å². The quantitative estimate of drug-likeness (QED) is 0.833. The predicted molar refractivity (Wildman–Crippen MR) is 88.3 cm³/mol. The second kappa shape index (κ2) is 7.58. The lowest BCUT2D eigenvalue weighted by Crippen LogP contribution is -2.24. The molecular formula is C17H16N2O3S. The van der Waals surface area contributed by atoms with Crippen molar-refractivity contribution in [2.45, 2.75) is 4.90 Å². The molecule has 0 aliphatic carbocycles. The number of sulfonamides is 1. The summed E-state index contributed by atoms with van der Waals surface area (Å²) in [4.78, 5) is 11.9. The van der Waals surface area contributed by atoms with E-state index in [9.17, 15) is 13.2 Å². The molecule has 6 heteroatoms. The summed E-state index contributed by atoms with van der Waals surface area (Å²) in [6.45, 7) is -0.0424. The number of rotatable bonds is 4. The van der Waals surface area contributed by atoms with Gasteiger partial charge in [0.1, 0.15) is 0 Å². The van der Waals surface area contributed by atoms with Gasteiger partial charge in [-0.3, -0.25) is 4.79 Å². The van der Waals surface area contributed by atoms with E-state index in [4.69, 9.17) is 0 Å². The number of nitrogens with one attached hydrogen (secondary N) is 2. The van der Waals surface area contributed by atoms with E-state index >= 15 is 0 Å². The van der Waals surface area contributed by atoms with Gasteiger partial charge in [-0.05, 0) is 24.3 Å². The Morgan fingerprint density at radius 1 is 1.04 bits per heavy atom. The third kappa shape index (κ3) is 4.42. The molecule has 0 atom stereocenters. The van der Waals surface area contributed by atoms with Crippen LogP contribution in [0.2, 0.25) is 0 Å². The molecule has 1 amide bonds. The topological polar surface area (TPSA) is 75.3 Å². The maximum Gasteiger partial charge on any atom is 0.252 e. The Morgan fingerprint density at radius 3 is 2.39 bits per heavy atom. The molecule has 0 bridgehead atoms. The largest absolute Gasteiger partial charge is 0.355 e. The molecule has 2 aromatic rings. The summed E-state index contributed by atoms with van der Waals surface area (Å²) in [6.07, 6.45) is 0. The number of carbonyl (C=O) groups excluding carboxylic acids is 1. The molecular weight excluding hydrogens is 312 g/mol. The summed E-state index contributed by atoms with van der Waals surface area (Å²) in [5.41, 5.74) is 0.999. The van der Waals surface area contributed by atoms with Crippen LogP contribution in [0, 0.1) is 11.8 Å². The third-order valence-corrected chi connectivity index (χ3v) is 4.44. The average molecular weight is 328 g/mol. The summed E-state index contributed by atoms with van der Waals surface area (Å²) in [5, 5.41) is 2.54. The normalized spacial score (nSPS) is 10.5. The monoisotopic (exact) mass is 328 g/mol. The first-order valence-electron chi connectivity index (χ1n) is 6.89. The second-order valence-corrected chi connectivity index (χ2v) is 6.33. The molecule has 0 aromatic heterocycles. The summed E-state index contributed by atoms with van der Waals surface area (Å²) in [6, 6.07) is 15.0. The minimum Gasteiger partial charge on any atom is -0.355 e. The van der Waals surface area contributed by atoms with Gasteiger partial charge < -0.3 is 5.32 Å². The van der Waals surface area contributed by atoms with E-state index in [2.05, 4.69) is 21.9 Å². The SMILES string of the molecule is CNC(=O)c1ccccc1C#CCNS(=O)(=O)c1ccccc1. The molecule has 0 spiro atoms. The summed E-state index contributed by atoms with van der Waals surface area (Å²) < 4.78 is 26.5. The molecule has 0 saturated heterocycles. The number of hydrogen-bond donors (Lipinski definition) is 2. The summed E-state index contributed by atoms with van der Waals surface area (Å²) in [7, 11) is -2.04. The van der Waals surface area contributed by atoms with Crippen LogP contribution in [-0.2, 0) is 10.0 Å². The molecule has 0 aliphatic rings. The molecule has 2 N–H and O–H groups in total. The van der Waals surface area contributed by atoms with Gasteiger partial charge in [-0.15, -0.1) is 0 Å². The first kappa shape index (κ1) is 16.7. The Hall–Kier alpha value is -2.62. The van der Waals surface area contributed by atoms with Crippen LogP contribution in [0.3, 0.4) is 0 Å². The van der Waals surface area contributed by atoms with Crippen LogP contribution >= 0.6 is 0 Å². The van der Waals surface area contributed by atoms with Crippen LogP contribution in [0.5, 0.6) is 0 Å². The zero-order valence-corrected chi connectivity index (χ0v) is 13.4. The van der Waals surface area contributed by atoms with Gasteiger partial charge in [0.2, 0.25) is 10.0 Å². The Kier molecular flexibility index (Phi) is 5.52. The number of hydrogen-bond acceptors (Lipinski definition) is 3. The van der Waals surface area contributed by atoms with Crippen molar-refractivity contribution in [3.8, 4) is 11.8 Å². The summed E-state index contributed by atoms with van der Waals surface area (Å²) >= 11 is 0. The highest BCUT2D eigenvalue weighted by Gasteiger charge is 2.11. The molecule has 0 aliphatic heterocycles. The van der Waals surface area contributed by atoms with Crippen LogP contribution < -0.4 is 10.0 Å². The fraction of sp³-hybridized carbons (Fsp3) is 0.118. The molecule has 5 nitrogen and oxygen atoms in total. The van der Waals surface area contributed by atoms with Crippen LogP contribution in [0.15, 0.2) is 59.5 Å². The van der Waals surface area contributed by atoms with Gasteiger partial charge >= 0.3 is 0 Å². The van der Waals surface area contributed by atoms with Gasteiger partial charge in [0.25, 0.3) is 5.91 Å². The molecule has 2 rings (SSSR count). The maximum atomic E-state index is 12.0. The number of amides is 1. The lowest BCUT2D eigenvalue weighted by atomic mass is 10.1. The first-order valence-corrected chi connectivity index (χ1v) is 8.37. The van der Waals surface area contributed by atoms with Crippen LogP contribution in [0.4, 0.5) is 0 Å². The van der Waals surface area contributed by atoms with Crippen molar-refractivity contribution in [2.24, 2.45) is 0 Å². The molecule has 118 valence electrons. The standard InChI is InChI=1S/C17H16N2O3S/c1-18-17(20)16-12-6-5-8-14(16)9-7-13-19-23(21,22)15-10-3-2-4-11-15/h2-6,8,10-12,19H,13H2,1H3,(H,18,20). The molecule has 2 aromatic carbocycles. The van der Waals surface area contributed by atoms with Crippen molar-refractivity contribution in [1.29, 1.82) is 0 Å². The van der Waals surface area contributed by atoms with E-state index in [0.29, 0.717) is 11.1 Å². The first-order chi connectivity index (χ1) is 11.0. The third-order valence-electron chi connectivity index (χ3n) is 3.03. The Bertz CT molecular complexity index is 850. The van der Waals surface area contributed by atoms with Crippen LogP contribution in [-0.4, -0.2) is 27.9 Å². The second-order valence-electron chi connectivity index (χ2n) is 4.56. The number of benzene rings is 2. The Morgan fingerprint density at radius 2 is 1.70 bits per heavy atom. The van der Waals surface area contributed by atoms with E-state index in [1.165, 1.54) is 12.1 Å². The van der Waals surface area contributed by atoms with Crippen LogP contribution in [0.25, 0.3) is 0 Å². The van der Waals surface area contributed by atoms with Gasteiger partial charge in [-0.1, -0.05) is 42.2 Å². The highest BCUT2D eigenvalue weighted by molar-refractivity contribution is 7.89. The molecule has 0 saturated carbocycles. The zero-order valence-electron chi connectivity index (χ0n) is 12.5. The van der Waals surface area contributed by atoms with E-state index in [1.807, 2.05) is 0 Å². The fourth-order valence-electron chi connectivity index (χ4n) is 1.88. The Balaban J connectivity index is 2.09. The van der Waals surface area contributed by atoms with Crippen molar-refractivity contribution in [2.75, 3.05) is 13.6 Å². The van der Waals surface area contributed by atoms with E-state index in [0.717, 1.165) is 0 Å². The van der Waals surface area contributed by atoms with Gasteiger partial charge in [0.05, 0.1) is 17.0 Å². The van der Waals surface area contributed by atoms with Crippen molar-refractivity contribution < 1.29 is 13.2 Å². The fourth-order valence-corrected chi connectivity index (χ4v) is 2.82. The van der Waals surface area contributed by atoms with Gasteiger partial charge in [-0.2, -0.15) is 4.72 Å². The average Bonchev–Trinajstić information content (AvgIpc) is 2.59. The van der Waals surface area contributed by atoms with E-state index in [1.54, 1.807) is 49.5 Å². The van der Waals surface area contributed by atoms with E-state index in [-0.39, 0.29) is 17.3 Å². The summed E-state index contributed by atoms with van der Waals surface area (Å²) in [5.74, 6) is 5.31.